The molecule has 1 fully saturated rings. The van der Waals surface area contributed by atoms with Gasteiger partial charge in [0.15, 0.2) is 0 Å². The molecule has 2 atom stereocenters. The number of unbranched alkanes of at least 4 members (excludes halogenated alkanes) is 2. The number of carboxylic acid groups (broad SMARTS) is 6. The largest absolute Gasteiger partial charge is 0.481 e. The molecule has 9 N–H and O–H groups in total. The fraction of sp³-hybridized carbons (Fsp3) is 0.625. The summed E-state index contributed by atoms with van der Waals surface area (Å²) in [6, 6.07) is 1.44. The Labute approximate surface area is 379 Å². The molecular weight excluding hydrogens is 878 g/mol. The van der Waals surface area contributed by atoms with Crippen molar-refractivity contribution in [3.8, 4) is 0 Å². The Hall–Kier alpha value is -6.51. The van der Waals surface area contributed by atoms with E-state index in [4.69, 9.17) is 5.11 Å². The number of nitro groups is 1. The Kier molecular flexibility index (Phi) is 25.1. The molecule has 26 heteroatoms. The molecule has 1 aliphatic rings. The summed E-state index contributed by atoms with van der Waals surface area (Å²) in [6.45, 7) is 1.27. The molecule has 66 heavy (non-hydrogen) atoms. The minimum absolute atomic E-state index is 0.0454. The van der Waals surface area contributed by atoms with Crippen LogP contribution in [0, 0.1) is 10.1 Å². The molecule has 4 amide bonds. The van der Waals surface area contributed by atoms with E-state index < -0.39 is 71.7 Å². The van der Waals surface area contributed by atoms with Crippen LogP contribution in [-0.4, -0.2) is 217 Å². The molecule has 0 aliphatic carbocycles. The summed E-state index contributed by atoms with van der Waals surface area (Å²) < 4.78 is 0. The van der Waals surface area contributed by atoms with Crippen LogP contribution in [0.5, 0.6) is 0 Å². The zero-order valence-corrected chi connectivity index (χ0v) is 36.6. The molecule has 1 aliphatic heterocycles. The van der Waals surface area contributed by atoms with Crippen molar-refractivity contribution < 1.29 is 78.7 Å². The van der Waals surface area contributed by atoms with E-state index in [2.05, 4.69) is 16.0 Å². The summed E-state index contributed by atoms with van der Waals surface area (Å²) in [5.74, 6) is -8.09. The molecule has 2 rings (SSSR count). The average Bonchev–Trinajstić information content (AvgIpc) is 3.22. The maximum Gasteiger partial charge on any atom is 0.326 e. The lowest BCUT2D eigenvalue weighted by molar-refractivity contribution is -0.384. The summed E-state index contributed by atoms with van der Waals surface area (Å²) in [6.07, 6.45) is 0.137. The van der Waals surface area contributed by atoms with Gasteiger partial charge in [-0.1, -0.05) is 12.1 Å². The number of nitro benzene ring substituents is 1. The zero-order chi connectivity index (χ0) is 49.2. The summed E-state index contributed by atoms with van der Waals surface area (Å²) >= 11 is 0. The van der Waals surface area contributed by atoms with Crippen LogP contribution in [0.1, 0.15) is 56.9 Å². The molecule has 0 saturated carbocycles. The molecule has 1 saturated heterocycles. The van der Waals surface area contributed by atoms with Gasteiger partial charge in [-0.15, -0.1) is 0 Å². The number of carbonyl (C=O) groups is 9. The minimum atomic E-state index is -1.58. The van der Waals surface area contributed by atoms with Crippen molar-refractivity contribution in [2.75, 3.05) is 91.6 Å². The molecule has 26 nitrogen and oxygen atoms in total. The molecule has 1 aromatic rings. The Balaban J connectivity index is 2.00. The van der Waals surface area contributed by atoms with Gasteiger partial charge in [0.25, 0.3) is 5.69 Å². The van der Waals surface area contributed by atoms with E-state index >= 15 is 0 Å². The summed E-state index contributed by atoms with van der Waals surface area (Å²) in [7, 11) is 0. The fourth-order valence-corrected chi connectivity index (χ4v) is 6.86. The van der Waals surface area contributed by atoms with Crippen LogP contribution < -0.4 is 16.0 Å². The molecule has 1 aromatic carbocycles. The average molecular weight is 940 g/mol. The molecule has 0 spiro atoms. The number of hydrogen-bond acceptors (Lipinski definition) is 15. The minimum Gasteiger partial charge on any atom is -0.481 e. The number of nitrogens with zero attached hydrogens (tertiary/aromatic N) is 6. The molecule has 0 bridgehead atoms. The van der Waals surface area contributed by atoms with Gasteiger partial charge in [0, 0.05) is 97.0 Å². The standard InChI is InChI=1S/C40H61N9O17/c50-32(24-44-15-17-45(25-35(54)55)19-21-47(27-37(58)59)22-20-46(18-16-44)26-36(56)57)41-13-3-1-6-33(51)48(23-28-7-9-29(10-8-28)49(65)66)14-4-2-5-30(38(60)61)42-40(64)43-31(39(62)63)11-12-34(52)53/h7-10,30-31H,1-6,11-27H2,(H,41,50)(H,52,53)(H,54,55)(H,56,57)(H,58,59)(H,60,61)(H,62,63)(H2,42,43,64). The molecular formula is C40H61N9O17. The molecule has 1 heterocycles. The Morgan fingerprint density at radius 1 is 0.591 bits per heavy atom. The highest BCUT2D eigenvalue weighted by molar-refractivity contribution is 5.86. The third kappa shape index (κ3) is 24.0. The van der Waals surface area contributed by atoms with Crippen LogP contribution in [0.4, 0.5) is 10.5 Å². The van der Waals surface area contributed by atoms with E-state index in [1.165, 1.54) is 29.2 Å². The highest BCUT2D eigenvalue weighted by Crippen LogP contribution is 2.16. The number of carboxylic acids is 6. The van der Waals surface area contributed by atoms with E-state index in [1.807, 2.05) is 0 Å². The highest BCUT2D eigenvalue weighted by Gasteiger charge is 2.26. The van der Waals surface area contributed by atoms with Gasteiger partial charge in [0.1, 0.15) is 12.1 Å². The number of rotatable bonds is 28. The van der Waals surface area contributed by atoms with Gasteiger partial charge in [-0.05, 0) is 44.1 Å². The second-order valence-electron chi connectivity index (χ2n) is 15.7. The van der Waals surface area contributed by atoms with Crippen LogP contribution in [0.3, 0.4) is 0 Å². The van der Waals surface area contributed by atoms with E-state index in [0.717, 1.165) is 0 Å². The van der Waals surface area contributed by atoms with Crippen LogP contribution in [0.25, 0.3) is 0 Å². The lowest BCUT2D eigenvalue weighted by Crippen LogP contribution is -2.51. The second-order valence-corrected chi connectivity index (χ2v) is 15.7. The monoisotopic (exact) mass is 939 g/mol. The predicted molar refractivity (Wildman–Crippen MR) is 229 cm³/mol. The van der Waals surface area contributed by atoms with Gasteiger partial charge in [-0.25, -0.2) is 14.4 Å². The smallest absolute Gasteiger partial charge is 0.326 e. The first kappa shape index (κ1) is 55.6. The van der Waals surface area contributed by atoms with Crippen molar-refractivity contribution in [3.63, 3.8) is 0 Å². The summed E-state index contributed by atoms with van der Waals surface area (Å²) in [5.41, 5.74) is 0.429. The van der Waals surface area contributed by atoms with Crippen molar-refractivity contribution in [1.82, 2.24) is 40.4 Å². The number of non-ortho nitro benzene ring substituents is 1. The van der Waals surface area contributed by atoms with Gasteiger partial charge >= 0.3 is 41.8 Å². The number of benzene rings is 1. The Morgan fingerprint density at radius 3 is 1.47 bits per heavy atom. The molecule has 0 aromatic heterocycles. The van der Waals surface area contributed by atoms with Crippen molar-refractivity contribution in [3.05, 3.63) is 39.9 Å². The lowest BCUT2D eigenvalue weighted by Gasteiger charge is -2.32. The molecule has 2 unspecified atom stereocenters. The summed E-state index contributed by atoms with van der Waals surface area (Å²) in [4.78, 5) is 127. The van der Waals surface area contributed by atoms with Gasteiger partial charge < -0.3 is 51.5 Å². The van der Waals surface area contributed by atoms with Gasteiger partial charge in [0.2, 0.25) is 11.8 Å². The number of nitrogens with one attached hydrogen (secondary N) is 3. The SMILES string of the molecule is O=C(O)CCC(NC(=O)NC(CCCCN(Cc1ccc([N+](=O)[O-])cc1)C(=O)CCCCNC(=O)CN1CCN(CC(=O)O)CCN(CC(=O)O)CCN(CC(=O)O)CC1)C(=O)O)C(=O)O. The molecule has 0 radical (unpaired) electrons. The second kappa shape index (κ2) is 29.8. The normalized spacial score (nSPS) is 15.5. The maximum absolute atomic E-state index is 13.5. The third-order valence-corrected chi connectivity index (χ3v) is 10.4. The van der Waals surface area contributed by atoms with Gasteiger partial charge in [-0.3, -0.25) is 58.5 Å². The number of carbonyl (C=O) groups excluding carboxylic acids is 3. The Morgan fingerprint density at radius 2 is 1.05 bits per heavy atom. The topological polar surface area (TPSA) is 370 Å². The van der Waals surface area contributed by atoms with E-state index in [9.17, 15) is 78.8 Å². The van der Waals surface area contributed by atoms with E-state index in [-0.39, 0.29) is 141 Å². The Bertz CT molecular complexity index is 1790. The van der Waals surface area contributed by atoms with Crippen LogP contribution in [0.15, 0.2) is 24.3 Å². The third-order valence-electron chi connectivity index (χ3n) is 10.4. The van der Waals surface area contributed by atoms with Crippen molar-refractivity contribution in [2.24, 2.45) is 0 Å². The maximum atomic E-state index is 13.5. The lowest BCUT2D eigenvalue weighted by atomic mass is 10.1. The fourth-order valence-electron chi connectivity index (χ4n) is 6.86. The number of urea groups is 1. The number of hydrogen-bond donors (Lipinski definition) is 9. The molecule has 368 valence electrons. The number of aliphatic carboxylic acids is 6. The van der Waals surface area contributed by atoms with Crippen molar-refractivity contribution in [2.45, 2.75) is 70.0 Å². The van der Waals surface area contributed by atoms with Crippen LogP contribution in [0.2, 0.25) is 0 Å². The quantitative estimate of drug-likeness (QED) is 0.0274. The first-order valence-corrected chi connectivity index (χ1v) is 21.3. The van der Waals surface area contributed by atoms with Crippen LogP contribution >= 0.6 is 0 Å². The van der Waals surface area contributed by atoms with Gasteiger partial charge in [-0.2, -0.15) is 0 Å². The van der Waals surface area contributed by atoms with Crippen molar-refractivity contribution >= 4 is 59.3 Å². The van der Waals surface area contributed by atoms with E-state index in [1.54, 1.807) is 19.6 Å². The summed E-state index contributed by atoms with van der Waals surface area (Å²) in [5, 5.41) is 74.3. The van der Waals surface area contributed by atoms with Crippen molar-refractivity contribution in [1.29, 1.82) is 0 Å². The highest BCUT2D eigenvalue weighted by atomic mass is 16.6. The first-order valence-electron chi connectivity index (χ1n) is 21.3. The predicted octanol–water partition coefficient (Wildman–Crippen LogP) is -1.07. The van der Waals surface area contributed by atoms with Crippen LogP contribution in [-0.2, 0) is 44.9 Å². The zero-order valence-electron chi connectivity index (χ0n) is 36.6. The van der Waals surface area contributed by atoms with E-state index in [0.29, 0.717) is 18.4 Å². The number of amides is 4. The van der Waals surface area contributed by atoms with Gasteiger partial charge in [0.05, 0.1) is 31.1 Å². The first-order chi connectivity index (χ1) is 31.2.